The Labute approximate surface area is 144 Å². The van der Waals surface area contributed by atoms with Crippen LogP contribution in [0.15, 0.2) is 53.4 Å². The zero-order valence-electron chi connectivity index (χ0n) is 13.3. The number of nitrogens with zero attached hydrogens (tertiary/aromatic N) is 1. The molecule has 1 heterocycles. The Bertz CT molecular complexity index is 685. The van der Waals surface area contributed by atoms with Crippen molar-refractivity contribution in [2.24, 2.45) is 0 Å². The molecule has 0 radical (unpaired) electrons. The predicted octanol–water partition coefficient (Wildman–Crippen LogP) is 4.75. The van der Waals surface area contributed by atoms with Crippen molar-refractivity contribution < 1.29 is 13.2 Å². The highest BCUT2D eigenvalue weighted by atomic mass is 32.2. The zero-order valence-corrected chi connectivity index (χ0v) is 14.1. The molecule has 0 spiro atoms. The first-order chi connectivity index (χ1) is 11.4. The van der Waals surface area contributed by atoms with E-state index in [1.54, 1.807) is 0 Å². The van der Waals surface area contributed by atoms with E-state index in [2.05, 4.69) is 34.7 Å². The summed E-state index contributed by atoms with van der Waals surface area (Å²) in [5, 5.41) is 0. The monoisotopic (exact) mass is 352 g/mol. The van der Waals surface area contributed by atoms with E-state index in [1.165, 1.54) is 35.3 Å². The number of hydrogen-bond acceptors (Lipinski definition) is 3. The molecule has 0 aromatic heterocycles. The van der Waals surface area contributed by atoms with Crippen LogP contribution in [0.2, 0.25) is 0 Å². The molecule has 1 aliphatic rings. The van der Waals surface area contributed by atoms with Crippen LogP contribution in [0.5, 0.6) is 0 Å². The lowest BCUT2D eigenvalue weighted by molar-refractivity contribution is -0.137. The highest BCUT2D eigenvalue weighted by molar-refractivity contribution is 7.97. The molecule has 0 fully saturated rings. The number of hydrogen-bond donors (Lipinski definition) is 1. The Kier molecular flexibility index (Phi) is 5.06. The third-order valence-corrected chi connectivity index (χ3v) is 5.07. The van der Waals surface area contributed by atoms with Crippen LogP contribution in [-0.4, -0.2) is 19.1 Å². The highest BCUT2D eigenvalue weighted by Crippen LogP contribution is 2.31. The molecule has 0 saturated carbocycles. The summed E-state index contributed by atoms with van der Waals surface area (Å²) in [7, 11) is 0. The summed E-state index contributed by atoms with van der Waals surface area (Å²) in [6, 6.07) is 13.8. The van der Waals surface area contributed by atoms with Gasteiger partial charge in [0.15, 0.2) is 0 Å². The first-order valence-electron chi connectivity index (χ1n) is 7.86. The Hall–Kier alpha value is -1.66. The van der Waals surface area contributed by atoms with Crippen molar-refractivity contribution in [2.45, 2.75) is 30.5 Å². The lowest BCUT2D eigenvalue weighted by Gasteiger charge is -2.24. The molecule has 0 bridgehead atoms. The molecule has 2 aromatic rings. The molecule has 0 amide bonds. The fourth-order valence-corrected chi connectivity index (χ4v) is 3.53. The molecule has 0 saturated heterocycles. The summed E-state index contributed by atoms with van der Waals surface area (Å²) in [4.78, 5) is 3.12. The van der Waals surface area contributed by atoms with Crippen LogP contribution in [0, 0.1) is 0 Å². The molecule has 2 nitrogen and oxygen atoms in total. The topological polar surface area (TPSA) is 15.3 Å². The number of para-hydroxylation sites is 1. The van der Waals surface area contributed by atoms with Crippen LogP contribution in [0.25, 0.3) is 0 Å². The molecule has 128 valence electrons. The number of halogens is 3. The minimum atomic E-state index is -4.28. The lowest BCUT2D eigenvalue weighted by Crippen LogP contribution is -2.35. The van der Waals surface area contributed by atoms with Gasteiger partial charge in [0.1, 0.15) is 0 Å². The van der Waals surface area contributed by atoms with Gasteiger partial charge in [0.2, 0.25) is 0 Å². The van der Waals surface area contributed by atoms with E-state index in [4.69, 9.17) is 0 Å². The van der Waals surface area contributed by atoms with Crippen LogP contribution in [-0.2, 0) is 12.6 Å². The summed E-state index contributed by atoms with van der Waals surface area (Å²) in [6.45, 7) is 3.96. The molecule has 1 unspecified atom stereocenters. The Balaban J connectivity index is 1.52. The molecule has 0 aliphatic carbocycles. The van der Waals surface area contributed by atoms with Crippen LogP contribution >= 0.6 is 11.9 Å². The maximum atomic E-state index is 12.6. The molecule has 24 heavy (non-hydrogen) atoms. The first kappa shape index (κ1) is 17.2. The number of nitrogens with one attached hydrogen (secondary N) is 1. The molecule has 2 aromatic carbocycles. The summed E-state index contributed by atoms with van der Waals surface area (Å²) in [5.74, 6) is 0. The van der Waals surface area contributed by atoms with E-state index >= 15 is 0 Å². The van der Waals surface area contributed by atoms with Gasteiger partial charge in [-0.25, -0.2) is 0 Å². The molecule has 1 aliphatic heterocycles. The summed E-state index contributed by atoms with van der Waals surface area (Å²) >= 11 is 1.37. The van der Waals surface area contributed by atoms with Crippen molar-refractivity contribution in [3.63, 3.8) is 0 Å². The SMILES string of the molecule is CC(CN1CCc2ccccc21)NSc1ccc(C(F)(F)F)cc1. The Morgan fingerprint density at radius 1 is 1.12 bits per heavy atom. The maximum Gasteiger partial charge on any atom is 0.416 e. The number of rotatable bonds is 5. The largest absolute Gasteiger partial charge is 0.416 e. The van der Waals surface area contributed by atoms with Crippen LogP contribution in [0.1, 0.15) is 18.1 Å². The first-order valence-corrected chi connectivity index (χ1v) is 8.67. The lowest BCUT2D eigenvalue weighted by atomic mass is 10.2. The second-order valence-corrected chi connectivity index (χ2v) is 6.88. The third-order valence-electron chi connectivity index (χ3n) is 4.04. The van der Waals surface area contributed by atoms with Crippen molar-refractivity contribution in [1.29, 1.82) is 0 Å². The van der Waals surface area contributed by atoms with Crippen molar-refractivity contribution in [3.8, 4) is 0 Å². The van der Waals surface area contributed by atoms with Gasteiger partial charge >= 0.3 is 6.18 Å². The van der Waals surface area contributed by atoms with E-state index in [0.717, 1.165) is 36.5 Å². The van der Waals surface area contributed by atoms with E-state index < -0.39 is 11.7 Å². The normalized spacial score (nSPS) is 15.4. The van der Waals surface area contributed by atoms with Gasteiger partial charge in [0.25, 0.3) is 0 Å². The number of anilines is 1. The average Bonchev–Trinajstić information content (AvgIpc) is 2.96. The molecular weight excluding hydrogens is 333 g/mol. The summed E-state index contributed by atoms with van der Waals surface area (Å²) in [5.41, 5.74) is 2.04. The van der Waals surface area contributed by atoms with E-state index in [-0.39, 0.29) is 6.04 Å². The molecular formula is C18H19F3N2S. The summed E-state index contributed by atoms with van der Waals surface area (Å²) in [6.07, 6.45) is -3.22. The smallest absolute Gasteiger partial charge is 0.369 e. The second-order valence-electron chi connectivity index (χ2n) is 5.97. The number of fused-ring (bicyclic) bond motifs is 1. The second kappa shape index (κ2) is 7.07. The minimum Gasteiger partial charge on any atom is -0.369 e. The van der Waals surface area contributed by atoms with Crippen molar-refractivity contribution in [3.05, 3.63) is 59.7 Å². The van der Waals surface area contributed by atoms with Crippen molar-refractivity contribution in [2.75, 3.05) is 18.0 Å². The van der Waals surface area contributed by atoms with Crippen molar-refractivity contribution in [1.82, 2.24) is 4.72 Å². The minimum absolute atomic E-state index is 0.212. The van der Waals surface area contributed by atoms with Crippen LogP contribution in [0.4, 0.5) is 18.9 Å². The van der Waals surface area contributed by atoms with Gasteiger partial charge in [0.05, 0.1) is 5.56 Å². The fourth-order valence-electron chi connectivity index (χ4n) is 2.84. The fraction of sp³-hybridized carbons (Fsp3) is 0.333. The van der Waals surface area contributed by atoms with E-state index in [0.29, 0.717) is 0 Å². The average molecular weight is 352 g/mol. The predicted molar refractivity (Wildman–Crippen MR) is 92.3 cm³/mol. The maximum absolute atomic E-state index is 12.6. The van der Waals surface area contributed by atoms with Gasteiger partial charge in [0, 0.05) is 29.7 Å². The zero-order chi connectivity index (χ0) is 17.2. The van der Waals surface area contributed by atoms with E-state index in [9.17, 15) is 13.2 Å². The van der Waals surface area contributed by atoms with Gasteiger partial charge in [-0.15, -0.1) is 0 Å². The van der Waals surface area contributed by atoms with Gasteiger partial charge in [-0.2, -0.15) is 13.2 Å². The Morgan fingerprint density at radius 3 is 2.54 bits per heavy atom. The van der Waals surface area contributed by atoms with Crippen LogP contribution < -0.4 is 9.62 Å². The van der Waals surface area contributed by atoms with Gasteiger partial charge in [-0.05, 0) is 61.2 Å². The van der Waals surface area contributed by atoms with Gasteiger partial charge in [-0.3, -0.25) is 4.72 Å². The van der Waals surface area contributed by atoms with Crippen LogP contribution in [0.3, 0.4) is 0 Å². The molecule has 1 atom stereocenters. The summed E-state index contributed by atoms with van der Waals surface area (Å²) < 4.78 is 41.0. The highest BCUT2D eigenvalue weighted by Gasteiger charge is 2.30. The van der Waals surface area contributed by atoms with Crippen molar-refractivity contribution >= 4 is 17.6 Å². The molecule has 6 heteroatoms. The third kappa shape index (κ3) is 4.05. The Morgan fingerprint density at radius 2 is 1.83 bits per heavy atom. The number of benzene rings is 2. The number of alkyl halides is 3. The quantitative estimate of drug-likeness (QED) is 0.782. The van der Waals surface area contributed by atoms with Gasteiger partial charge < -0.3 is 4.90 Å². The van der Waals surface area contributed by atoms with Gasteiger partial charge in [-0.1, -0.05) is 18.2 Å². The standard InChI is InChI=1S/C18H19F3N2S/c1-13(12-23-11-10-14-4-2-3-5-17(14)23)22-24-16-8-6-15(7-9-16)18(19,20)21/h2-9,13,22H,10-12H2,1H3. The van der Waals surface area contributed by atoms with E-state index in [1.807, 2.05) is 6.07 Å². The molecule has 1 N–H and O–H groups in total. The molecule has 3 rings (SSSR count).